The van der Waals surface area contributed by atoms with Crippen molar-refractivity contribution in [3.63, 3.8) is 0 Å². The Kier molecular flexibility index (Phi) is 3.94. The normalized spacial score (nSPS) is 12.9. The van der Waals surface area contributed by atoms with Crippen LogP contribution in [-0.2, 0) is 6.54 Å². The van der Waals surface area contributed by atoms with Crippen LogP contribution in [0.4, 0.5) is 0 Å². The first-order chi connectivity index (χ1) is 11.8. The third-order valence-electron chi connectivity index (χ3n) is 4.18. The lowest BCUT2D eigenvalue weighted by atomic mass is 10.0. The van der Waals surface area contributed by atoms with Gasteiger partial charge in [-0.2, -0.15) is 0 Å². The van der Waals surface area contributed by atoms with Gasteiger partial charge in [0.25, 0.3) is 0 Å². The number of fused-ring (bicyclic) bond motifs is 1. The molecule has 5 heteroatoms. The van der Waals surface area contributed by atoms with Crippen LogP contribution in [0.1, 0.15) is 0 Å². The van der Waals surface area contributed by atoms with Crippen LogP contribution in [0, 0.1) is 0 Å². The zero-order valence-corrected chi connectivity index (χ0v) is 14.5. The molecule has 24 heavy (non-hydrogen) atoms. The van der Waals surface area contributed by atoms with Gasteiger partial charge < -0.3 is 14.0 Å². The molecule has 0 unspecified atom stereocenters. The van der Waals surface area contributed by atoms with Crippen LogP contribution in [0.5, 0.6) is 11.5 Å². The zero-order chi connectivity index (χ0) is 16.5. The highest BCUT2D eigenvalue weighted by Crippen LogP contribution is 2.41. The molecule has 2 heterocycles. The van der Waals surface area contributed by atoms with Crippen LogP contribution in [0.3, 0.4) is 0 Å². The molecule has 4 nitrogen and oxygen atoms in total. The lowest BCUT2D eigenvalue weighted by molar-refractivity contribution is 0.355. The van der Waals surface area contributed by atoms with Crippen molar-refractivity contribution in [3.05, 3.63) is 48.5 Å². The third-order valence-corrected chi connectivity index (χ3v) is 5.14. The molecule has 0 N–H and O–H groups in total. The van der Waals surface area contributed by atoms with Crippen LogP contribution >= 0.6 is 11.8 Å². The van der Waals surface area contributed by atoms with Gasteiger partial charge in [0.2, 0.25) is 0 Å². The topological polar surface area (TPSA) is 36.3 Å². The molecule has 1 aliphatic heterocycles. The summed E-state index contributed by atoms with van der Waals surface area (Å²) < 4.78 is 13.1. The molecule has 0 bridgehead atoms. The molecule has 0 saturated carbocycles. The summed E-state index contributed by atoms with van der Waals surface area (Å²) in [5.41, 5.74) is 4.38. The van der Waals surface area contributed by atoms with Gasteiger partial charge in [-0.05, 0) is 18.2 Å². The number of imidazole rings is 1. The van der Waals surface area contributed by atoms with Gasteiger partial charge in [-0.1, -0.05) is 42.1 Å². The number of ether oxygens (including phenoxy) is 2. The first-order valence-corrected chi connectivity index (χ1v) is 8.81. The van der Waals surface area contributed by atoms with Crippen LogP contribution in [0.25, 0.3) is 22.5 Å². The van der Waals surface area contributed by atoms with E-state index in [-0.39, 0.29) is 0 Å². The molecule has 1 aromatic heterocycles. The van der Waals surface area contributed by atoms with E-state index in [0.717, 1.165) is 51.5 Å². The second-order valence-corrected chi connectivity index (χ2v) is 6.59. The average Bonchev–Trinajstić information content (AvgIpc) is 3.22. The van der Waals surface area contributed by atoms with Crippen molar-refractivity contribution in [1.82, 2.24) is 9.55 Å². The number of thioether (sulfide) groups is 1. The minimum Gasteiger partial charge on any atom is -0.493 e. The summed E-state index contributed by atoms with van der Waals surface area (Å²) in [5.74, 6) is 2.53. The lowest BCUT2D eigenvalue weighted by Gasteiger charge is -2.12. The third kappa shape index (κ3) is 2.45. The first kappa shape index (κ1) is 15.1. The quantitative estimate of drug-likeness (QED) is 0.709. The number of benzene rings is 2. The van der Waals surface area contributed by atoms with E-state index in [1.807, 2.05) is 30.3 Å². The van der Waals surface area contributed by atoms with Crippen molar-refractivity contribution in [2.75, 3.05) is 20.0 Å². The fourth-order valence-corrected chi connectivity index (χ4v) is 4.00. The Bertz CT molecular complexity index is 875. The average molecular weight is 338 g/mol. The SMILES string of the molecule is COc1ccc(-c2c(-c3ccccc3)nc3n2CCS3)cc1OC. The standard InChI is InChI=1S/C19H18N2O2S/c1-22-15-9-8-14(12-16(15)23-2)18-17(13-6-4-3-5-7-13)20-19-21(18)10-11-24-19/h3-9,12H,10-11H2,1-2H3. The molecule has 0 atom stereocenters. The summed E-state index contributed by atoms with van der Waals surface area (Å²) in [4.78, 5) is 4.89. The molecule has 0 fully saturated rings. The van der Waals surface area contributed by atoms with E-state index in [1.165, 1.54) is 0 Å². The molecule has 4 rings (SSSR count). The molecule has 0 amide bonds. The predicted molar refractivity (Wildman–Crippen MR) is 96.9 cm³/mol. The van der Waals surface area contributed by atoms with Crippen LogP contribution in [0.2, 0.25) is 0 Å². The second-order valence-electron chi connectivity index (χ2n) is 5.53. The summed E-state index contributed by atoms with van der Waals surface area (Å²) in [7, 11) is 3.32. The Morgan fingerprint density at radius 3 is 2.50 bits per heavy atom. The van der Waals surface area contributed by atoms with Gasteiger partial charge in [0, 0.05) is 23.4 Å². The van der Waals surface area contributed by atoms with Gasteiger partial charge >= 0.3 is 0 Å². The fourth-order valence-electron chi connectivity index (χ4n) is 3.05. The second kappa shape index (κ2) is 6.24. The molecular weight excluding hydrogens is 320 g/mol. The van der Waals surface area contributed by atoms with E-state index in [2.05, 4.69) is 22.8 Å². The maximum absolute atomic E-state index is 5.48. The zero-order valence-electron chi connectivity index (χ0n) is 13.7. The van der Waals surface area contributed by atoms with E-state index in [1.54, 1.807) is 26.0 Å². The van der Waals surface area contributed by atoms with E-state index >= 15 is 0 Å². The maximum atomic E-state index is 5.48. The molecule has 0 saturated heterocycles. The van der Waals surface area contributed by atoms with Crippen LogP contribution < -0.4 is 9.47 Å². The lowest BCUT2D eigenvalue weighted by Crippen LogP contribution is -1.98. The highest BCUT2D eigenvalue weighted by Gasteiger charge is 2.24. The number of methoxy groups -OCH3 is 2. The van der Waals surface area contributed by atoms with Crippen molar-refractivity contribution in [2.45, 2.75) is 11.7 Å². The van der Waals surface area contributed by atoms with Crippen molar-refractivity contribution in [2.24, 2.45) is 0 Å². The minimum atomic E-state index is 0.732. The van der Waals surface area contributed by atoms with E-state index in [0.29, 0.717) is 0 Å². The molecule has 2 aromatic carbocycles. The van der Waals surface area contributed by atoms with Crippen molar-refractivity contribution in [1.29, 1.82) is 0 Å². The number of nitrogens with zero attached hydrogens (tertiary/aromatic N) is 2. The van der Waals surface area contributed by atoms with E-state index < -0.39 is 0 Å². The summed E-state index contributed by atoms with van der Waals surface area (Å²) in [6.45, 7) is 0.976. The fraction of sp³-hybridized carbons (Fsp3) is 0.211. The minimum absolute atomic E-state index is 0.732. The monoisotopic (exact) mass is 338 g/mol. The van der Waals surface area contributed by atoms with Gasteiger partial charge in [-0.25, -0.2) is 4.98 Å². The molecule has 0 spiro atoms. The largest absolute Gasteiger partial charge is 0.493 e. The van der Waals surface area contributed by atoms with Gasteiger partial charge in [0.15, 0.2) is 16.7 Å². The summed E-state index contributed by atoms with van der Waals surface area (Å²) >= 11 is 1.81. The molecule has 122 valence electrons. The summed E-state index contributed by atoms with van der Waals surface area (Å²) in [5, 5.41) is 1.08. The van der Waals surface area contributed by atoms with E-state index in [4.69, 9.17) is 14.5 Å². The molecular formula is C19H18N2O2S. The Morgan fingerprint density at radius 2 is 1.75 bits per heavy atom. The molecule has 1 aliphatic rings. The first-order valence-electron chi connectivity index (χ1n) is 7.83. The molecule has 3 aromatic rings. The Morgan fingerprint density at radius 1 is 0.958 bits per heavy atom. The van der Waals surface area contributed by atoms with E-state index in [9.17, 15) is 0 Å². The number of rotatable bonds is 4. The predicted octanol–water partition coefficient (Wildman–Crippen LogP) is 4.34. The number of aromatic nitrogens is 2. The Balaban J connectivity index is 1.92. The number of hydrogen-bond donors (Lipinski definition) is 0. The van der Waals surface area contributed by atoms with Crippen LogP contribution in [0.15, 0.2) is 53.7 Å². The van der Waals surface area contributed by atoms with Gasteiger partial charge in [-0.15, -0.1) is 0 Å². The Hall–Kier alpha value is -2.40. The highest BCUT2D eigenvalue weighted by molar-refractivity contribution is 7.99. The maximum Gasteiger partial charge on any atom is 0.169 e. The van der Waals surface area contributed by atoms with Gasteiger partial charge in [-0.3, -0.25) is 0 Å². The van der Waals surface area contributed by atoms with Gasteiger partial charge in [0.05, 0.1) is 25.6 Å². The Labute approximate surface area is 145 Å². The molecule has 0 aliphatic carbocycles. The van der Waals surface area contributed by atoms with Crippen LogP contribution in [-0.4, -0.2) is 29.5 Å². The summed E-state index contributed by atoms with van der Waals surface area (Å²) in [6, 6.07) is 16.4. The highest BCUT2D eigenvalue weighted by atomic mass is 32.2. The number of hydrogen-bond acceptors (Lipinski definition) is 4. The van der Waals surface area contributed by atoms with Crippen molar-refractivity contribution < 1.29 is 9.47 Å². The van der Waals surface area contributed by atoms with Crippen molar-refractivity contribution >= 4 is 11.8 Å². The van der Waals surface area contributed by atoms with Gasteiger partial charge in [0.1, 0.15) is 0 Å². The molecule has 0 radical (unpaired) electrons. The smallest absolute Gasteiger partial charge is 0.169 e. The van der Waals surface area contributed by atoms with Crippen molar-refractivity contribution in [3.8, 4) is 34.0 Å². The summed E-state index contributed by atoms with van der Waals surface area (Å²) in [6.07, 6.45) is 0.